The van der Waals surface area contributed by atoms with Gasteiger partial charge in [0.05, 0.1) is 24.5 Å². The van der Waals surface area contributed by atoms with Crippen molar-refractivity contribution >= 4 is 16.6 Å². The topological polar surface area (TPSA) is 66.7 Å². The molecule has 0 bridgehead atoms. The molecule has 0 saturated carbocycles. The van der Waals surface area contributed by atoms with Gasteiger partial charge in [-0.15, -0.1) is 0 Å². The summed E-state index contributed by atoms with van der Waals surface area (Å²) in [5, 5.41) is 11.3. The van der Waals surface area contributed by atoms with Crippen LogP contribution in [0.2, 0.25) is 0 Å². The van der Waals surface area contributed by atoms with Gasteiger partial charge in [0, 0.05) is 11.1 Å². The lowest BCUT2D eigenvalue weighted by molar-refractivity contribution is 0.512. The Morgan fingerprint density at radius 2 is 2.31 bits per heavy atom. The molecule has 0 aliphatic carbocycles. The van der Waals surface area contributed by atoms with Crippen molar-refractivity contribution < 1.29 is 4.42 Å². The summed E-state index contributed by atoms with van der Waals surface area (Å²) in [5.74, 6) is 0.806. The van der Waals surface area contributed by atoms with E-state index in [-0.39, 0.29) is 0 Å². The Morgan fingerprint density at radius 3 is 3.19 bits per heavy atom. The first-order valence-corrected chi connectivity index (χ1v) is 4.97. The molecule has 1 aromatic carbocycles. The first-order valence-electron chi connectivity index (χ1n) is 4.97. The highest BCUT2D eigenvalue weighted by atomic mass is 16.3. The lowest BCUT2D eigenvalue weighted by atomic mass is 10.2. The number of hydrogen-bond donors (Lipinski definition) is 2. The Labute approximate surface area is 91.5 Å². The van der Waals surface area contributed by atoms with E-state index in [1.807, 2.05) is 18.2 Å². The van der Waals surface area contributed by atoms with Crippen molar-refractivity contribution in [2.45, 2.75) is 6.54 Å². The Balaban J connectivity index is 1.86. The lowest BCUT2D eigenvalue weighted by Gasteiger charge is -2.04. The number of benzene rings is 1. The van der Waals surface area contributed by atoms with Gasteiger partial charge in [0.15, 0.2) is 6.39 Å². The summed E-state index contributed by atoms with van der Waals surface area (Å²) in [5.41, 5.74) is 2.05. The van der Waals surface area contributed by atoms with E-state index in [0.29, 0.717) is 6.54 Å². The average molecular weight is 214 g/mol. The molecule has 0 spiro atoms. The molecule has 0 unspecified atom stereocenters. The Kier molecular flexibility index (Phi) is 2.07. The van der Waals surface area contributed by atoms with Crippen molar-refractivity contribution in [3.05, 3.63) is 42.7 Å². The van der Waals surface area contributed by atoms with E-state index in [1.165, 1.54) is 6.39 Å². The fraction of sp³-hybridized carbons (Fsp3) is 0.0909. The number of anilines is 1. The first-order chi connectivity index (χ1) is 7.93. The highest BCUT2D eigenvalue weighted by molar-refractivity contribution is 5.90. The minimum atomic E-state index is 0.615. The summed E-state index contributed by atoms with van der Waals surface area (Å²) in [4.78, 5) is 3.86. The van der Waals surface area contributed by atoms with Crippen molar-refractivity contribution in [2.75, 3.05) is 5.32 Å². The van der Waals surface area contributed by atoms with Gasteiger partial charge < -0.3 is 9.73 Å². The van der Waals surface area contributed by atoms with Crippen LogP contribution in [-0.2, 0) is 6.54 Å². The van der Waals surface area contributed by atoms with Crippen molar-refractivity contribution in [3.63, 3.8) is 0 Å². The van der Waals surface area contributed by atoms with Gasteiger partial charge in [-0.2, -0.15) is 5.10 Å². The monoisotopic (exact) mass is 214 g/mol. The molecule has 0 amide bonds. The van der Waals surface area contributed by atoms with Gasteiger partial charge in [0.2, 0.25) is 0 Å². The summed E-state index contributed by atoms with van der Waals surface area (Å²) in [6.45, 7) is 0.615. The number of nitrogens with one attached hydrogen (secondary N) is 2. The maximum Gasteiger partial charge on any atom is 0.180 e. The highest BCUT2D eigenvalue weighted by Crippen LogP contribution is 2.21. The minimum Gasteiger partial charge on any atom is -0.447 e. The van der Waals surface area contributed by atoms with Crippen LogP contribution >= 0.6 is 0 Å². The molecule has 2 N–H and O–H groups in total. The molecular weight excluding hydrogens is 204 g/mol. The second kappa shape index (κ2) is 3.69. The van der Waals surface area contributed by atoms with E-state index in [4.69, 9.17) is 4.42 Å². The largest absolute Gasteiger partial charge is 0.447 e. The Hall–Kier alpha value is -2.30. The second-order valence-electron chi connectivity index (χ2n) is 3.46. The summed E-state index contributed by atoms with van der Waals surface area (Å²) < 4.78 is 5.15. The van der Waals surface area contributed by atoms with E-state index in [0.717, 1.165) is 22.4 Å². The number of aromatic nitrogens is 3. The fourth-order valence-corrected chi connectivity index (χ4v) is 1.63. The molecule has 80 valence electrons. The molecule has 3 aromatic rings. The molecule has 0 radical (unpaired) electrons. The number of oxazole rings is 1. The summed E-state index contributed by atoms with van der Waals surface area (Å²) >= 11 is 0. The molecule has 16 heavy (non-hydrogen) atoms. The SMILES string of the molecule is c1cc(NCc2cnco2)c2cn[nH]c2c1. The maximum atomic E-state index is 5.15. The van der Waals surface area contributed by atoms with Gasteiger partial charge in [0.25, 0.3) is 0 Å². The smallest absolute Gasteiger partial charge is 0.180 e. The molecule has 5 heteroatoms. The molecular formula is C11H10N4O. The molecule has 2 heterocycles. The molecule has 2 aromatic heterocycles. The molecule has 5 nitrogen and oxygen atoms in total. The van der Waals surface area contributed by atoms with Crippen LogP contribution in [0.1, 0.15) is 5.76 Å². The Morgan fingerprint density at radius 1 is 1.31 bits per heavy atom. The normalized spacial score (nSPS) is 10.8. The number of nitrogens with zero attached hydrogens (tertiary/aromatic N) is 2. The van der Waals surface area contributed by atoms with Crippen LogP contribution in [0.3, 0.4) is 0 Å². The van der Waals surface area contributed by atoms with Crippen molar-refractivity contribution in [3.8, 4) is 0 Å². The van der Waals surface area contributed by atoms with Crippen LogP contribution < -0.4 is 5.32 Å². The van der Waals surface area contributed by atoms with E-state index < -0.39 is 0 Å². The zero-order chi connectivity index (χ0) is 10.8. The molecule has 0 aliphatic heterocycles. The van der Waals surface area contributed by atoms with E-state index in [9.17, 15) is 0 Å². The van der Waals surface area contributed by atoms with Gasteiger partial charge >= 0.3 is 0 Å². The highest BCUT2D eigenvalue weighted by Gasteiger charge is 2.02. The van der Waals surface area contributed by atoms with Crippen LogP contribution in [-0.4, -0.2) is 15.2 Å². The average Bonchev–Trinajstić information content (AvgIpc) is 2.97. The molecule has 0 atom stereocenters. The predicted octanol–water partition coefficient (Wildman–Crippen LogP) is 2.16. The molecule has 0 saturated heterocycles. The predicted molar refractivity (Wildman–Crippen MR) is 59.9 cm³/mol. The summed E-state index contributed by atoms with van der Waals surface area (Å²) in [6, 6.07) is 5.97. The van der Waals surface area contributed by atoms with Crippen LogP contribution in [0.25, 0.3) is 10.9 Å². The quantitative estimate of drug-likeness (QED) is 0.701. The number of rotatable bonds is 3. The van der Waals surface area contributed by atoms with Gasteiger partial charge in [-0.1, -0.05) is 6.07 Å². The third-order valence-electron chi connectivity index (χ3n) is 2.42. The zero-order valence-electron chi connectivity index (χ0n) is 8.47. The Bertz CT molecular complexity index is 585. The number of aromatic amines is 1. The maximum absolute atomic E-state index is 5.15. The van der Waals surface area contributed by atoms with Crippen LogP contribution in [0.5, 0.6) is 0 Å². The number of hydrogen-bond acceptors (Lipinski definition) is 4. The van der Waals surface area contributed by atoms with Crippen molar-refractivity contribution in [2.24, 2.45) is 0 Å². The van der Waals surface area contributed by atoms with Crippen LogP contribution in [0, 0.1) is 0 Å². The number of fused-ring (bicyclic) bond motifs is 1. The third-order valence-corrected chi connectivity index (χ3v) is 2.42. The minimum absolute atomic E-state index is 0.615. The molecule has 0 fully saturated rings. The standard InChI is InChI=1S/C11H10N4O/c1-2-10(9-6-14-15-11(9)3-1)13-5-8-4-12-7-16-8/h1-4,6-7,13H,5H2,(H,14,15). The second-order valence-corrected chi connectivity index (χ2v) is 3.46. The van der Waals surface area contributed by atoms with E-state index in [2.05, 4.69) is 20.5 Å². The molecule has 0 aliphatic rings. The fourth-order valence-electron chi connectivity index (χ4n) is 1.63. The zero-order valence-corrected chi connectivity index (χ0v) is 8.47. The third kappa shape index (κ3) is 1.52. The van der Waals surface area contributed by atoms with Gasteiger partial charge in [0.1, 0.15) is 5.76 Å². The summed E-state index contributed by atoms with van der Waals surface area (Å²) in [7, 11) is 0. The lowest BCUT2D eigenvalue weighted by Crippen LogP contribution is -1.98. The van der Waals surface area contributed by atoms with Gasteiger partial charge in [-0.25, -0.2) is 4.98 Å². The van der Waals surface area contributed by atoms with Gasteiger partial charge in [-0.05, 0) is 12.1 Å². The summed E-state index contributed by atoms with van der Waals surface area (Å²) in [6.07, 6.45) is 4.93. The number of H-pyrrole nitrogens is 1. The molecule has 3 rings (SSSR count). The van der Waals surface area contributed by atoms with Crippen molar-refractivity contribution in [1.82, 2.24) is 15.2 Å². The van der Waals surface area contributed by atoms with Gasteiger partial charge in [-0.3, -0.25) is 5.10 Å². The van der Waals surface area contributed by atoms with Crippen LogP contribution in [0.15, 0.2) is 41.4 Å². The first kappa shape index (κ1) is 8.96. The van der Waals surface area contributed by atoms with E-state index >= 15 is 0 Å². The van der Waals surface area contributed by atoms with Crippen LogP contribution in [0.4, 0.5) is 5.69 Å². The van der Waals surface area contributed by atoms with Crippen molar-refractivity contribution in [1.29, 1.82) is 0 Å². The van der Waals surface area contributed by atoms with E-state index in [1.54, 1.807) is 12.4 Å².